The molecule has 0 fully saturated rings. The first-order chi connectivity index (χ1) is 9.32. The molecule has 1 aromatic rings. The number of hydrogen-bond donors (Lipinski definition) is 1. The zero-order valence-electron chi connectivity index (χ0n) is 13.0. The Kier molecular flexibility index (Phi) is 5.95. The molecule has 0 unspecified atom stereocenters. The molecule has 1 N–H and O–H groups in total. The van der Waals surface area contributed by atoms with Crippen LogP contribution >= 0.6 is 0 Å². The van der Waals surface area contributed by atoms with Crippen molar-refractivity contribution in [2.45, 2.75) is 46.7 Å². The van der Waals surface area contributed by atoms with Gasteiger partial charge in [0.05, 0.1) is 4.92 Å². The number of hydrogen-bond acceptors (Lipinski definition) is 4. The monoisotopic (exact) mass is 279 g/mol. The zero-order chi connectivity index (χ0) is 15.3. The number of aryl methyl sites for hydroxylation is 1. The highest BCUT2D eigenvalue weighted by molar-refractivity contribution is 5.62. The Morgan fingerprint density at radius 2 is 1.85 bits per heavy atom. The number of benzene rings is 1. The first kappa shape index (κ1) is 16.4. The molecule has 0 saturated carbocycles. The molecule has 0 heterocycles. The zero-order valence-corrected chi connectivity index (χ0v) is 13.0. The molecule has 5 nitrogen and oxygen atoms in total. The second kappa shape index (κ2) is 7.24. The molecule has 0 aliphatic rings. The standard InChI is InChI=1S/C15H25N3O2/c1-11(2)17(12(3)4)9-8-16-14-7-6-13(5)10-15(14)18(19)20/h6-7,10-12,16H,8-9H2,1-5H3. The first-order valence-corrected chi connectivity index (χ1v) is 7.07. The van der Waals surface area contributed by atoms with Gasteiger partial charge in [-0.05, 0) is 46.2 Å². The second-order valence-corrected chi connectivity index (χ2v) is 5.63. The summed E-state index contributed by atoms with van der Waals surface area (Å²) in [6.07, 6.45) is 0. The van der Waals surface area contributed by atoms with E-state index in [9.17, 15) is 10.1 Å². The lowest BCUT2D eigenvalue weighted by Gasteiger charge is -2.30. The Morgan fingerprint density at radius 3 is 2.35 bits per heavy atom. The molecule has 0 saturated heterocycles. The van der Waals surface area contributed by atoms with Gasteiger partial charge in [0.1, 0.15) is 5.69 Å². The average molecular weight is 279 g/mol. The van der Waals surface area contributed by atoms with Gasteiger partial charge in [-0.25, -0.2) is 0 Å². The van der Waals surface area contributed by atoms with Gasteiger partial charge < -0.3 is 5.32 Å². The molecule has 0 bridgehead atoms. The van der Waals surface area contributed by atoms with Crippen molar-refractivity contribution < 1.29 is 4.92 Å². The van der Waals surface area contributed by atoms with E-state index < -0.39 is 0 Å². The fourth-order valence-corrected chi connectivity index (χ4v) is 2.37. The summed E-state index contributed by atoms with van der Waals surface area (Å²) in [7, 11) is 0. The van der Waals surface area contributed by atoms with Crippen LogP contribution in [-0.2, 0) is 0 Å². The first-order valence-electron chi connectivity index (χ1n) is 7.07. The molecule has 112 valence electrons. The molecule has 0 radical (unpaired) electrons. The van der Waals surface area contributed by atoms with E-state index in [4.69, 9.17) is 0 Å². The van der Waals surface area contributed by atoms with Gasteiger partial charge in [0.15, 0.2) is 0 Å². The maximum atomic E-state index is 11.0. The molecule has 1 rings (SSSR count). The van der Waals surface area contributed by atoms with E-state index in [1.807, 2.05) is 13.0 Å². The minimum absolute atomic E-state index is 0.144. The van der Waals surface area contributed by atoms with E-state index in [0.29, 0.717) is 24.3 Å². The van der Waals surface area contributed by atoms with Crippen LogP contribution in [0, 0.1) is 17.0 Å². The summed E-state index contributed by atoms with van der Waals surface area (Å²) in [5.74, 6) is 0. The third-order valence-electron chi connectivity index (χ3n) is 3.36. The molecule has 1 aromatic carbocycles. The highest BCUT2D eigenvalue weighted by atomic mass is 16.6. The third kappa shape index (κ3) is 4.49. The topological polar surface area (TPSA) is 58.4 Å². The second-order valence-electron chi connectivity index (χ2n) is 5.63. The number of nitrogens with zero attached hydrogens (tertiary/aromatic N) is 2. The van der Waals surface area contributed by atoms with Crippen LogP contribution < -0.4 is 5.32 Å². The molecule has 0 amide bonds. The molecular formula is C15H25N3O2. The summed E-state index contributed by atoms with van der Waals surface area (Å²) in [6, 6.07) is 6.19. The van der Waals surface area contributed by atoms with Crippen molar-refractivity contribution in [2.75, 3.05) is 18.4 Å². The fraction of sp³-hybridized carbons (Fsp3) is 0.600. The molecule has 0 aliphatic heterocycles. The Bertz CT molecular complexity index is 450. The van der Waals surface area contributed by atoms with Crippen molar-refractivity contribution in [1.82, 2.24) is 4.90 Å². The third-order valence-corrected chi connectivity index (χ3v) is 3.36. The molecule has 0 spiro atoms. The Morgan fingerprint density at radius 1 is 1.25 bits per heavy atom. The predicted octanol–water partition coefficient (Wildman–Crippen LogP) is 3.43. The van der Waals surface area contributed by atoms with Gasteiger partial charge in [-0.2, -0.15) is 0 Å². The number of nitro benzene ring substituents is 1. The molecule has 0 aliphatic carbocycles. The van der Waals surface area contributed by atoms with Crippen LogP contribution in [0.15, 0.2) is 18.2 Å². The summed E-state index contributed by atoms with van der Waals surface area (Å²) in [5, 5.41) is 14.2. The summed E-state index contributed by atoms with van der Waals surface area (Å²) in [4.78, 5) is 13.1. The van der Waals surface area contributed by atoms with Gasteiger partial charge in [-0.15, -0.1) is 0 Å². The van der Waals surface area contributed by atoms with Crippen molar-refractivity contribution in [3.8, 4) is 0 Å². The Labute approximate surface area is 121 Å². The van der Waals surface area contributed by atoms with E-state index in [0.717, 1.165) is 12.1 Å². The van der Waals surface area contributed by atoms with Crippen LogP contribution in [-0.4, -0.2) is 35.0 Å². The maximum Gasteiger partial charge on any atom is 0.292 e. The van der Waals surface area contributed by atoms with Crippen molar-refractivity contribution in [1.29, 1.82) is 0 Å². The van der Waals surface area contributed by atoms with E-state index in [2.05, 4.69) is 37.9 Å². The number of rotatable bonds is 7. The van der Waals surface area contributed by atoms with Crippen molar-refractivity contribution in [2.24, 2.45) is 0 Å². The van der Waals surface area contributed by atoms with Crippen molar-refractivity contribution in [3.63, 3.8) is 0 Å². The predicted molar refractivity (Wildman–Crippen MR) is 83.3 cm³/mol. The van der Waals surface area contributed by atoms with Crippen LogP contribution in [0.4, 0.5) is 11.4 Å². The van der Waals surface area contributed by atoms with E-state index in [-0.39, 0.29) is 10.6 Å². The smallest absolute Gasteiger partial charge is 0.292 e. The average Bonchev–Trinajstić information content (AvgIpc) is 2.34. The fourth-order valence-electron chi connectivity index (χ4n) is 2.37. The molecule has 20 heavy (non-hydrogen) atoms. The van der Waals surface area contributed by atoms with Gasteiger partial charge in [0, 0.05) is 31.2 Å². The van der Waals surface area contributed by atoms with E-state index in [1.165, 1.54) is 0 Å². The summed E-state index contributed by atoms with van der Waals surface area (Å²) in [6.45, 7) is 12.1. The summed E-state index contributed by atoms with van der Waals surface area (Å²) < 4.78 is 0. The minimum atomic E-state index is -0.335. The normalized spacial score (nSPS) is 11.4. The largest absolute Gasteiger partial charge is 0.378 e. The van der Waals surface area contributed by atoms with Crippen LogP contribution in [0.5, 0.6) is 0 Å². The van der Waals surface area contributed by atoms with E-state index in [1.54, 1.807) is 12.1 Å². The molecular weight excluding hydrogens is 254 g/mol. The van der Waals surface area contributed by atoms with Crippen LogP contribution in [0.2, 0.25) is 0 Å². The van der Waals surface area contributed by atoms with E-state index >= 15 is 0 Å². The van der Waals surface area contributed by atoms with Crippen LogP contribution in [0.25, 0.3) is 0 Å². The van der Waals surface area contributed by atoms with Gasteiger partial charge >= 0.3 is 0 Å². The van der Waals surface area contributed by atoms with Gasteiger partial charge in [-0.1, -0.05) is 6.07 Å². The van der Waals surface area contributed by atoms with Gasteiger partial charge in [0.25, 0.3) is 5.69 Å². The maximum absolute atomic E-state index is 11.0. The minimum Gasteiger partial charge on any atom is -0.378 e. The summed E-state index contributed by atoms with van der Waals surface area (Å²) >= 11 is 0. The highest BCUT2D eigenvalue weighted by Crippen LogP contribution is 2.25. The summed E-state index contributed by atoms with van der Waals surface area (Å²) in [5.41, 5.74) is 1.63. The van der Waals surface area contributed by atoms with Crippen LogP contribution in [0.1, 0.15) is 33.3 Å². The lowest BCUT2D eigenvalue weighted by atomic mass is 10.2. The molecule has 0 aromatic heterocycles. The van der Waals surface area contributed by atoms with Crippen LogP contribution in [0.3, 0.4) is 0 Å². The quantitative estimate of drug-likeness (QED) is 0.613. The van der Waals surface area contributed by atoms with Gasteiger partial charge in [0.2, 0.25) is 0 Å². The highest BCUT2D eigenvalue weighted by Gasteiger charge is 2.15. The Hall–Kier alpha value is -1.62. The van der Waals surface area contributed by atoms with Crippen molar-refractivity contribution in [3.05, 3.63) is 33.9 Å². The number of nitro groups is 1. The molecule has 5 heteroatoms. The lowest BCUT2D eigenvalue weighted by Crippen LogP contribution is -2.40. The number of anilines is 1. The Balaban J connectivity index is 2.68. The SMILES string of the molecule is Cc1ccc(NCCN(C(C)C)C(C)C)c([N+](=O)[O-])c1. The lowest BCUT2D eigenvalue weighted by molar-refractivity contribution is -0.384. The van der Waals surface area contributed by atoms with Gasteiger partial charge in [-0.3, -0.25) is 15.0 Å². The van der Waals surface area contributed by atoms with Crippen molar-refractivity contribution >= 4 is 11.4 Å². The number of nitrogens with one attached hydrogen (secondary N) is 1. The molecule has 0 atom stereocenters.